The van der Waals surface area contributed by atoms with Crippen LogP contribution in [0.1, 0.15) is 49.9 Å². The van der Waals surface area contributed by atoms with Gasteiger partial charge in [0.15, 0.2) is 0 Å². The second kappa shape index (κ2) is 7.40. The summed E-state index contributed by atoms with van der Waals surface area (Å²) in [5.74, 6) is -1.21. The predicted molar refractivity (Wildman–Crippen MR) is 86.2 cm³/mol. The van der Waals surface area contributed by atoms with Crippen LogP contribution in [0.15, 0.2) is 23.1 Å². The molecule has 0 aliphatic carbocycles. The van der Waals surface area contributed by atoms with Crippen molar-refractivity contribution in [2.75, 3.05) is 13.1 Å². The number of carbonyl (C=O) groups is 1. The number of rotatable bonds is 6. The van der Waals surface area contributed by atoms with Gasteiger partial charge < -0.3 is 5.32 Å². The lowest BCUT2D eigenvalue weighted by Crippen LogP contribution is -2.33. The Morgan fingerprint density at radius 2 is 2.00 bits per heavy atom. The minimum Gasteiger partial charge on any atom is -0.350 e. The fourth-order valence-corrected chi connectivity index (χ4v) is 4.33. The summed E-state index contributed by atoms with van der Waals surface area (Å²) >= 11 is 0. The fourth-order valence-electron chi connectivity index (χ4n) is 2.72. The van der Waals surface area contributed by atoms with Gasteiger partial charge in [-0.15, -0.1) is 0 Å². The van der Waals surface area contributed by atoms with Gasteiger partial charge in [0, 0.05) is 24.7 Å². The van der Waals surface area contributed by atoms with Gasteiger partial charge in [-0.05, 0) is 44.4 Å². The molecule has 0 bridgehead atoms. The summed E-state index contributed by atoms with van der Waals surface area (Å²) in [7, 11) is -3.89. The highest BCUT2D eigenvalue weighted by atomic mass is 32.2. The first-order valence-electron chi connectivity index (χ1n) is 7.97. The third-order valence-electron chi connectivity index (χ3n) is 3.98. The Hall–Kier alpha value is -1.47. The van der Waals surface area contributed by atoms with Crippen molar-refractivity contribution >= 4 is 15.9 Å². The standard InChI is InChI=1S/C16H23FN2O3S/c1-3-6-12(2)18-16(20)13-7-8-14(17)15(11-13)23(21,22)19-9-4-5-10-19/h7-8,11-12H,3-6,9-10H2,1-2H3,(H,18,20)/t12-/m1/s1. The highest BCUT2D eigenvalue weighted by Crippen LogP contribution is 2.24. The Balaban J connectivity index is 2.27. The second-order valence-corrected chi connectivity index (χ2v) is 7.83. The number of nitrogens with one attached hydrogen (secondary N) is 1. The maximum Gasteiger partial charge on any atom is 0.251 e. The first-order valence-corrected chi connectivity index (χ1v) is 9.41. The van der Waals surface area contributed by atoms with Crippen LogP contribution in [-0.4, -0.2) is 37.8 Å². The van der Waals surface area contributed by atoms with E-state index in [4.69, 9.17) is 0 Å². The molecule has 1 aromatic carbocycles. The Kier molecular flexibility index (Phi) is 5.75. The first-order chi connectivity index (χ1) is 10.9. The van der Waals surface area contributed by atoms with Crippen molar-refractivity contribution in [1.82, 2.24) is 9.62 Å². The molecule has 0 unspecified atom stereocenters. The van der Waals surface area contributed by atoms with E-state index in [1.165, 1.54) is 10.4 Å². The number of hydrogen-bond donors (Lipinski definition) is 1. The molecule has 1 amide bonds. The smallest absolute Gasteiger partial charge is 0.251 e. The lowest BCUT2D eigenvalue weighted by atomic mass is 10.1. The summed E-state index contributed by atoms with van der Waals surface area (Å²) in [6.45, 7) is 4.69. The van der Waals surface area contributed by atoms with Crippen LogP contribution in [0, 0.1) is 5.82 Å². The topological polar surface area (TPSA) is 66.5 Å². The highest BCUT2D eigenvalue weighted by molar-refractivity contribution is 7.89. The largest absolute Gasteiger partial charge is 0.350 e. The first kappa shape index (κ1) is 17.9. The van der Waals surface area contributed by atoms with Crippen LogP contribution in [0.4, 0.5) is 4.39 Å². The van der Waals surface area contributed by atoms with Crippen LogP contribution < -0.4 is 5.32 Å². The van der Waals surface area contributed by atoms with E-state index in [2.05, 4.69) is 5.32 Å². The number of carbonyl (C=O) groups excluding carboxylic acids is 1. The van der Waals surface area contributed by atoms with E-state index < -0.39 is 20.7 Å². The van der Waals surface area contributed by atoms with Crippen molar-refractivity contribution in [1.29, 1.82) is 0 Å². The summed E-state index contributed by atoms with van der Waals surface area (Å²) in [4.78, 5) is 11.8. The Morgan fingerprint density at radius 1 is 1.35 bits per heavy atom. The molecule has 2 rings (SSSR count). The Labute approximate surface area is 136 Å². The molecule has 1 heterocycles. The summed E-state index contributed by atoms with van der Waals surface area (Å²) in [6, 6.07) is 3.47. The van der Waals surface area contributed by atoms with E-state index in [0.29, 0.717) is 13.1 Å². The minimum atomic E-state index is -3.89. The van der Waals surface area contributed by atoms with Crippen molar-refractivity contribution in [2.45, 2.75) is 50.5 Å². The monoisotopic (exact) mass is 342 g/mol. The van der Waals surface area contributed by atoms with Gasteiger partial charge in [-0.25, -0.2) is 12.8 Å². The molecule has 1 aromatic rings. The van der Waals surface area contributed by atoms with Gasteiger partial charge in [0.2, 0.25) is 10.0 Å². The SMILES string of the molecule is CCC[C@@H](C)NC(=O)c1ccc(F)c(S(=O)(=O)N2CCCC2)c1. The number of benzene rings is 1. The number of halogens is 1. The molecule has 1 N–H and O–H groups in total. The lowest BCUT2D eigenvalue weighted by molar-refractivity contribution is 0.0938. The molecule has 23 heavy (non-hydrogen) atoms. The summed E-state index contributed by atoms with van der Waals surface area (Å²) in [5, 5.41) is 2.79. The maximum absolute atomic E-state index is 14.0. The fraction of sp³-hybridized carbons (Fsp3) is 0.562. The molecule has 1 aliphatic heterocycles. The molecule has 1 aliphatic rings. The molecule has 1 fully saturated rings. The van der Waals surface area contributed by atoms with Crippen LogP contribution in [0.5, 0.6) is 0 Å². The molecule has 0 saturated carbocycles. The number of nitrogens with zero attached hydrogens (tertiary/aromatic N) is 1. The molecule has 0 radical (unpaired) electrons. The van der Waals surface area contributed by atoms with Gasteiger partial charge in [-0.2, -0.15) is 4.31 Å². The highest BCUT2D eigenvalue weighted by Gasteiger charge is 2.30. The lowest BCUT2D eigenvalue weighted by Gasteiger charge is -2.17. The molecular formula is C16H23FN2O3S. The average molecular weight is 342 g/mol. The minimum absolute atomic E-state index is 0.0174. The average Bonchev–Trinajstić information content (AvgIpc) is 3.02. The third-order valence-corrected chi connectivity index (χ3v) is 5.89. The van der Waals surface area contributed by atoms with Crippen molar-refractivity contribution in [3.8, 4) is 0 Å². The zero-order chi connectivity index (χ0) is 17.0. The van der Waals surface area contributed by atoms with Crippen LogP contribution >= 0.6 is 0 Å². The van der Waals surface area contributed by atoms with Gasteiger partial charge in [-0.3, -0.25) is 4.79 Å². The van der Waals surface area contributed by atoms with E-state index in [0.717, 1.165) is 37.8 Å². The zero-order valence-electron chi connectivity index (χ0n) is 13.5. The van der Waals surface area contributed by atoms with Gasteiger partial charge >= 0.3 is 0 Å². The Morgan fingerprint density at radius 3 is 2.61 bits per heavy atom. The van der Waals surface area contributed by atoms with Crippen LogP contribution in [0.3, 0.4) is 0 Å². The summed E-state index contributed by atoms with van der Waals surface area (Å²) in [6.07, 6.45) is 3.30. The van der Waals surface area contributed by atoms with Crippen LogP contribution in [0.25, 0.3) is 0 Å². The molecule has 7 heteroatoms. The van der Waals surface area contributed by atoms with E-state index >= 15 is 0 Å². The summed E-state index contributed by atoms with van der Waals surface area (Å²) in [5.41, 5.74) is 0.159. The number of sulfonamides is 1. The van der Waals surface area contributed by atoms with Gasteiger partial charge in [-0.1, -0.05) is 13.3 Å². The molecule has 0 spiro atoms. The molecular weight excluding hydrogens is 319 g/mol. The van der Waals surface area contributed by atoms with Crippen LogP contribution in [0.2, 0.25) is 0 Å². The molecule has 1 saturated heterocycles. The number of amides is 1. The Bertz CT molecular complexity index is 670. The van der Waals surface area contributed by atoms with Gasteiger partial charge in [0.05, 0.1) is 0 Å². The predicted octanol–water partition coefficient (Wildman–Crippen LogP) is 2.53. The van der Waals surface area contributed by atoms with E-state index in [-0.39, 0.29) is 17.5 Å². The molecule has 128 valence electrons. The number of hydrogen-bond acceptors (Lipinski definition) is 3. The normalized spacial score (nSPS) is 17.2. The van der Waals surface area contributed by atoms with Crippen molar-refractivity contribution in [3.05, 3.63) is 29.6 Å². The van der Waals surface area contributed by atoms with E-state index in [1.54, 1.807) is 0 Å². The van der Waals surface area contributed by atoms with Crippen molar-refractivity contribution in [2.24, 2.45) is 0 Å². The van der Waals surface area contributed by atoms with E-state index in [1.807, 2.05) is 13.8 Å². The van der Waals surface area contributed by atoms with Crippen molar-refractivity contribution in [3.63, 3.8) is 0 Å². The molecule has 1 atom stereocenters. The maximum atomic E-state index is 14.0. The molecule has 0 aromatic heterocycles. The quantitative estimate of drug-likeness (QED) is 0.864. The van der Waals surface area contributed by atoms with Gasteiger partial charge in [0.25, 0.3) is 5.91 Å². The summed E-state index contributed by atoms with van der Waals surface area (Å²) < 4.78 is 40.3. The van der Waals surface area contributed by atoms with E-state index in [9.17, 15) is 17.6 Å². The molecule has 5 nitrogen and oxygen atoms in total. The zero-order valence-corrected chi connectivity index (χ0v) is 14.3. The van der Waals surface area contributed by atoms with Crippen LogP contribution in [-0.2, 0) is 10.0 Å². The van der Waals surface area contributed by atoms with Crippen molar-refractivity contribution < 1.29 is 17.6 Å². The third kappa shape index (κ3) is 4.09. The second-order valence-electron chi connectivity index (χ2n) is 5.92. The van der Waals surface area contributed by atoms with Gasteiger partial charge in [0.1, 0.15) is 10.7 Å².